The predicted molar refractivity (Wildman–Crippen MR) is 138 cm³/mol. The number of guanidine groups is 1. The first-order valence-electron chi connectivity index (χ1n) is 11.1. The lowest BCUT2D eigenvalue weighted by molar-refractivity contribution is -0.138. The van der Waals surface area contributed by atoms with E-state index >= 15 is 0 Å². The number of nitrogens with one attached hydrogen (secondary N) is 1. The number of benzene rings is 1. The number of piperazine rings is 1. The van der Waals surface area contributed by atoms with Gasteiger partial charge in [0.2, 0.25) is 5.91 Å². The predicted octanol–water partition coefficient (Wildman–Crippen LogP) is 3.05. The van der Waals surface area contributed by atoms with Crippen LogP contribution in [0.25, 0.3) is 0 Å². The molecule has 0 unspecified atom stereocenters. The topological polar surface area (TPSA) is 60.4 Å². The van der Waals surface area contributed by atoms with E-state index in [1.54, 1.807) is 12.0 Å². The summed E-state index contributed by atoms with van der Waals surface area (Å²) in [7, 11) is 5.41. The average Bonchev–Trinajstić information content (AvgIpc) is 3.26. The van der Waals surface area contributed by atoms with E-state index in [0.29, 0.717) is 6.54 Å². The van der Waals surface area contributed by atoms with Gasteiger partial charge in [-0.15, -0.1) is 24.0 Å². The van der Waals surface area contributed by atoms with Crippen molar-refractivity contribution in [1.29, 1.82) is 0 Å². The highest BCUT2D eigenvalue weighted by atomic mass is 127. The fourth-order valence-corrected chi connectivity index (χ4v) is 4.59. The highest BCUT2D eigenvalue weighted by Crippen LogP contribution is 2.39. The molecule has 1 aromatic carbocycles. The van der Waals surface area contributed by atoms with E-state index in [9.17, 15) is 4.79 Å². The van der Waals surface area contributed by atoms with Gasteiger partial charge in [-0.05, 0) is 44.0 Å². The van der Waals surface area contributed by atoms with Gasteiger partial charge in [-0.2, -0.15) is 0 Å². The molecule has 1 heterocycles. The summed E-state index contributed by atoms with van der Waals surface area (Å²) in [6.45, 7) is 7.20. The third kappa shape index (κ3) is 6.17. The Kier molecular flexibility index (Phi) is 9.71. The van der Waals surface area contributed by atoms with Gasteiger partial charge in [0.25, 0.3) is 0 Å². The van der Waals surface area contributed by atoms with Crippen LogP contribution in [0.2, 0.25) is 0 Å². The molecule has 8 heteroatoms. The number of ether oxygens (including phenoxy) is 1. The Morgan fingerprint density at radius 3 is 2.26 bits per heavy atom. The Balaban J connectivity index is 0.00000341. The number of methoxy groups -OCH3 is 1. The Bertz CT molecular complexity index is 724. The van der Waals surface area contributed by atoms with E-state index < -0.39 is 0 Å². The first-order valence-corrected chi connectivity index (χ1v) is 11.1. The quantitative estimate of drug-likeness (QED) is 0.340. The summed E-state index contributed by atoms with van der Waals surface area (Å²) in [5.74, 6) is 2.04. The van der Waals surface area contributed by atoms with Gasteiger partial charge in [-0.25, -0.2) is 0 Å². The van der Waals surface area contributed by atoms with Crippen molar-refractivity contribution in [2.24, 2.45) is 10.4 Å². The number of anilines is 1. The van der Waals surface area contributed by atoms with Crippen LogP contribution in [0.1, 0.15) is 32.6 Å². The first-order chi connectivity index (χ1) is 14.5. The second kappa shape index (κ2) is 11.8. The van der Waals surface area contributed by atoms with Crippen molar-refractivity contribution >= 4 is 41.5 Å². The monoisotopic (exact) mass is 543 g/mol. The SMILES string of the molecule is CCNC(=NCC1(C(=O)N(C)C)CCCC1)N1CCN(c2ccc(OC)cc2)CC1.I. The molecule has 1 amide bonds. The largest absolute Gasteiger partial charge is 0.497 e. The number of hydrogen-bond donors (Lipinski definition) is 1. The lowest BCUT2D eigenvalue weighted by Gasteiger charge is -2.38. The molecule has 0 atom stereocenters. The summed E-state index contributed by atoms with van der Waals surface area (Å²) in [4.78, 5) is 24.3. The molecule has 1 saturated heterocycles. The summed E-state index contributed by atoms with van der Waals surface area (Å²) in [6.07, 6.45) is 4.12. The third-order valence-electron chi connectivity index (χ3n) is 6.30. The van der Waals surface area contributed by atoms with E-state index in [1.165, 1.54) is 5.69 Å². The molecule has 0 bridgehead atoms. The maximum absolute atomic E-state index is 12.9. The van der Waals surface area contributed by atoms with Gasteiger partial charge in [0.1, 0.15) is 5.75 Å². The molecule has 174 valence electrons. The molecule has 7 nitrogen and oxygen atoms in total. The molecule has 0 aromatic heterocycles. The number of nitrogens with zero attached hydrogens (tertiary/aromatic N) is 4. The minimum atomic E-state index is -0.324. The standard InChI is InChI=1S/C23H37N5O2.HI/c1-5-24-22(25-18-23(12-6-7-13-23)21(29)26(2)3)28-16-14-27(15-17-28)19-8-10-20(30-4)11-9-19;/h8-11H,5-7,12-18H2,1-4H3,(H,24,25);1H. The van der Waals surface area contributed by atoms with Crippen molar-refractivity contribution in [1.82, 2.24) is 15.1 Å². The van der Waals surface area contributed by atoms with Crippen molar-refractivity contribution in [2.45, 2.75) is 32.6 Å². The Morgan fingerprint density at radius 1 is 1.13 bits per heavy atom. The highest BCUT2D eigenvalue weighted by Gasteiger charge is 2.42. The fraction of sp³-hybridized carbons (Fsp3) is 0.652. The van der Waals surface area contributed by atoms with Crippen LogP contribution < -0.4 is 15.0 Å². The lowest BCUT2D eigenvalue weighted by Crippen LogP contribution is -2.53. The lowest BCUT2D eigenvalue weighted by atomic mass is 9.85. The fourth-order valence-electron chi connectivity index (χ4n) is 4.59. The third-order valence-corrected chi connectivity index (χ3v) is 6.30. The molecule has 0 radical (unpaired) electrons. The van der Waals surface area contributed by atoms with E-state index in [4.69, 9.17) is 9.73 Å². The zero-order valence-electron chi connectivity index (χ0n) is 19.4. The molecule has 2 aliphatic rings. The molecule has 31 heavy (non-hydrogen) atoms. The van der Waals surface area contributed by atoms with Crippen LogP contribution in [0.4, 0.5) is 5.69 Å². The van der Waals surface area contributed by atoms with E-state index in [1.807, 2.05) is 26.2 Å². The molecule has 1 aliphatic heterocycles. The first kappa shape index (κ1) is 25.5. The highest BCUT2D eigenvalue weighted by molar-refractivity contribution is 14.0. The summed E-state index contributed by atoms with van der Waals surface area (Å²) in [5, 5.41) is 3.45. The Morgan fingerprint density at radius 2 is 1.74 bits per heavy atom. The van der Waals surface area contributed by atoms with Gasteiger partial charge in [-0.3, -0.25) is 9.79 Å². The second-order valence-electron chi connectivity index (χ2n) is 8.53. The maximum atomic E-state index is 12.9. The van der Waals surface area contributed by atoms with Gasteiger partial charge in [0.15, 0.2) is 5.96 Å². The Labute approximate surface area is 204 Å². The number of carbonyl (C=O) groups excluding carboxylic acids is 1. The molecule has 1 aliphatic carbocycles. The van der Waals surface area contributed by atoms with Crippen LogP contribution in [0.15, 0.2) is 29.3 Å². The summed E-state index contributed by atoms with van der Waals surface area (Å²) in [5.41, 5.74) is 0.897. The number of rotatable bonds is 6. The zero-order valence-corrected chi connectivity index (χ0v) is 21.7. The number of aliphatic imine (C=N–C) groups is 1. The second-order valence-corrected chi connectivity index (χ2v) is 8.53. The summed E-state index contributed by atoms with van der Waals surface area (Å²) in [6, 6.07) is 8.25. The smallest absolute Gasteiger partial charge is 0.230 e. The van der Waals surface area contributed by atoms with Crippen molar-refractivity contribution in [3.8, 4) is 5.75 Å². The average molecular weight is 543 g/mol. The van der Waals surface area contributed by atoms with Crippen molar-refractivity contribution < 1.29 is 9.53 Å². The number of hydrogen-bond acceptors (Lipinski definition) is 4. The number of carbonyl (C=O) groups is 1. The van der Waals surface area contributed by atoms with Crippen LogP contribution >= 0.6 is 24.0 Å². The van der Waals surface area contributed by atoms with Crippen LogP contribution in [0, 0.1) is 5.41 Å². The van der Waals surface area contributed by atoms with Crippen molar-refractivity contribution in [3.05, 3.63) is 24.3 Å². The molecule has 1 aromatic rings. The van der Waals surface area contributed by atoms with Crippen LogP contribution in [-0.2, 0) is 4.79 Å². The zero-order chi connectivity index (χ0) is 21.6. The summed E-state index contributed by atoms with van der Waals surface area (Å²) >= 11 is 0. The van der Waals surface area contributed by atoms with Gasteiger partial charge in [-0.1, -0.05) is 12.8 Å². The van der Waals surface area contributed by atoms with Gasteiger partial charge < -0.3 is 24.8 Å². The van der Waals surface area contributed by atoms with E-state index in [2.05, 4.69) is 34.2 Å². The normalized spacial score (nSPS) is 18.4. The van der Waals surface area contributed by atoms with Crippen molar-refractivity contribution in [3.63, 3.8) is 0 Å². The van der Waals surface area contributed by atoms with Crippen molar-refractivity contribution in [2.75, 3.05) is 65.4 Å². The molecular weight excluding hydrogens is 505 g/mol. The van der Waals surface area contributed by atoms with Gasteiger partial charge >= 0.3 is 0 Å². The molecular formula is C23H38IN5O2. The van der Waals surface area contributed by atoms with Crippen LogP contribution in [-0.4, -0.2) is 82.1 Å². The number of amides is 1. The van der Waals surface area contributed by atoms with Crippen LogP contribution in [0.5, 0.6) is 5.75 Å². The number of halogens is 1. The molecule has 2 fully saturated rings. The molecule has 1 N–H and O–H groups in total. The molecule has 1 saturated carbocycles. The molecule has 0 spiro atoms. The summed E-state index contributed by atoms with van der Waals surface area (Å²) < 4.78 is 5.26. The van der Waals surface area contributed by atoms with Gasteiger partial charge in [0.05, 0.1) is 19.1 Å². The van der Waals surface area contributed by atoms with E-state index in [-0.39, 0.29) is 35.3 Å². The molecule has 3 rings (SSSR count). The Hall–Kier alpha value is -1.71. The minimum Gasteiger partial charge on any atom is -0.497 e. The maximum Gasteiger partial charge on any atom is 0.230 e. The minimum absolute atomic E-state index is 0. The van der Waals surface area contributed by atoms with Crippen LogP contribution in [0.3, 0.4) is 0 Å². The van der Waals surface area contributed by atoms with E-state index in [0.717, 1.165) is 70.1 Å². The van der Waals surface area contributed by atoms with Gasteiger partial charge in [0, 0.05) is 52.5 Å².